The molecule has 0 saturated heterocycles. The lowest BCUT2D eigenvalue weighted by atomic mass is 10.2. The van der Waals surface area contributed by atoms with Gasteiger partial charge in [-0.2, -0.15) is 14.9 Å². The maximum atomic E-state index is 14.1. The Hall–Kier alpha value is -4.54. The van der Waals surface area contributed by atoms with Gasteiger partial charge in [0.25, 0.3) is 5.91 Å². The number of rotatable bonds is 4. The fourth-order valence-electron chi connectivity index (χ4n) is 3.38. The number of halogens is 3. The van der Waals surface area contributed by atoms with Gasteiger partial charge in [-0.15, -0.1) is 0 Å². The summed E-state index contributed by atoms with van der Waals surface area (Å²) in [5.74, 6) is -2.39. The number of hydrogen-bond acceptors (Lipinski definition) is 5. The molecule has 0 atom stereocenters. The van der Waals surface area contributed by atoms with Gasteiger partial charge in [0, 0.05) is 12.1 Å². The molecule has 0 saturated carbocycles. The number of carbonyl (C=O) groups is 1. The lowest BCUT2D eigenvalue weighted by molar-refractivity contribution is 0.102. The quantitative estimate of drug-likeness (QED) is 0.448. The molecule has 3 aromatic heterocycles. The average Bonchev–Trinajstić information content (AvgIpc) is 3.37. The minimum absolute atomic E-state index is 0.218. The summed E-state index contributed by atoms with van der Waals surface area (Å²) in [6.45, 7) is 1.71. The number of hydrogen-bond donors (Lipinski definition) is 1. The van der Waals surface area contributed by atoms with Crippen LogP contribution < -0.4 is 5.32 Å². The predicted molar refractivity (Wildman–Crippen MR) is 113 cm³/mol. The Balaban J connectivity index is 1.56. The summed E-state index contributed by atoms with van der Waals surface area (Å²) in [4.78, 5) is 21.2. The Kier molecular flexibility index (Phi) is 4.85. The van der Waals surface area contributed by atoms with Gasteiger partial charge in [0.1, 0.15) is 29.6 Å². The Morgan fingerprint density at radius 3 is 2.45 bits per heavy atom. The van der Waals surface area contributed by atoms with E-state index >= 15 is 0 Å². The molecule has 0 bridgehead atoms. The van der Waals surface area contributed by atoms with Crippen LogP contribution in [0.25, 0.3) is 22.5 Å². The second kappa shape index (κ2) is 7.86. The number of fused-ring (bicyclic) bond motifs is 1. The summed E-state index contributed by atoms with van der Waals surface area (Å²) in [7, 11) is 0. The summed E-state index contributed by atoms with van der Waals surface area (Å²) >= 11 is 0. The number of nitrogens with one attached hydrogen (secondary N) is 1. The highest BCUT2D eigenvalue weighted by Crippen LogP contribution is 2.25. The number of carbonyl (C=O) groups excluding carboxylic acids is 1. The van der Waals surface area contributed by atoms with Crippen molar-refractivity contribution in [3.05, 3.63) is 89.8 Å². The summed E-state index contributed by atoms with van der Waals surface area (Å²) in [6.07, 6.45) is 2.83. The smallest absolute Gasteiger partial charge is 0.259 e. The highest BCUT2D eigenvalue weighted by atomic mass is 19.1. The topological polar surface area (TPSA) is 90.5 Å². The van der Waals surface area contributed by atoms with Crippen molar-refractivity contribution in [2.75, 3.05) is 5.32 Å². The van der Waals surface area contributed by atoms with Crippen LogP contribution in [-0.2, 0) is 0 Å². The zero-order chi connectivity index (χ0) is 23.1. The fraction of sp³-hybridized carbons (Fsp3) is 0.0455. The molecule has 164 valence electrons. The SMILES string of the molecule is Cc1cc(NC(=O)c2ccc(F)cc2F)n(-c2ncnc3c2cnn3-c2ccc(F)cc2)n1. The van der Waals surface area contributed by atoms with Crippen molar-refractivity contribution in [3.63, 3.8) is 0 Å². The first-order valence-electron chi connectivity index (χ1n) is 9.69. The Morgan fingerprint density at radius 1 is 0.939 bits per heavy atom. The molecule has 8 nitrogen and oxygen atoms in total. The zero-order valence-electron chi connectivity index (χ0n) is 17.0. The van der Waals surface area contributed by atoms with Gasteiger partial charge in [0.15, 0.2) is 11.5 Å². The van der Waals surface area contributed by atoms with Crippen LogP contribution in [0.15, 0.2) is 61.1 Å². The van der Waals surface area contributed by atoms with Crippen molar-refractivity contribution in [2.24, 2.45) is 0 Å². The molecule has 0 spiro atoms. The molecular weight excluding hydrogens is 435 g/mol. The lowest BCUT2D eigenvalue weighted by Crippen LogP contribution is -2.17. The van der Waals surface area contributed by atoms with Crippen LogP contribution in [-0.4, -0.2) is 35.4 Å². The number of aryl methyl sites for hydroxylation is 1. The molecule has 33 heavy (non-hydrogen) atoms. The molecule has 5 aromatic rings. The third-order valence-electron chi connectivity index (χ3n) is 4.87. The predicted octanol–water partition coefficient (Wildman–Crippen LogP) is 3.98. The van der Waals surface area contributed by atoms with Crippen molar-refractivity contribution in [1.29, 1.82) is 0 Å². The number of nitrogens with zero attached hydrogens (tertiary/aromatic N) is 6. The maximum absolute atomic E-state index is 14.1. The first kappa shape index (κ1) is 20.4. The molecule has 0 fully saturated rings. The molecule has 0 aliphatic rings. The maximum Gasteiger partial charge on any atom is 0.259 e. The highest BCUT2D eigenvalue weighted by molar-refractivity contribution is 6.04. The summed E-state index contributed by atoms with van der Waals surface area (Å²) in [5.41, 5.74) is 1.26. The van der Waals surface area contributed by atoms with Gasteiger partial charge < -0.3 is 5.32 Å². The minimum atomic E-state index is -0.986. The number of benzene rings is 2. The van der Waals surface area contributed by atoms with Gasteiger partial charge in [-0.05, 0) is 43.3 Å². The molecule has 1 N–H and O–H groups in total. The molecule has 0 unspecified atom stereocenters. The van der Waals surface area contributed by atoms with E-state index in [9.17, 15) is 18.0 Å². The standard InChI is InChI=1S/C22H14F3N7O/c1-12-8-19(29-22(33)16-7-4-14(24)9-18(16)25)32(30-12)21-17-10-28-31(20(17)26-11-27-21)15-5-2-13(23)3-6-15/h2-11H,1H3,(H,29,33). The minimum Gasteiger partial charge on any atom is -0.306 e. The molecule has 0 aliphatic carbocycles. The van der Waals surface area contributed by atoms with E-state index in [1.165, 1.54) is 34.0 Å². The lowest BCUT2D eigenvalue weighted by Gasteiger charge is -2.10. The van der Waals surface area contributed by atoms with Crippen molar-refractivity contribution in [1.82, 2.24) is 29.5 Å². The van der Waals surface area contributed by atoms with Crippen LogP contribution in [0.3, 0.4) is 0 Å². The normalized spacial score (nSPS) is 11.2. The van der Waals surface area contributed by atoms with Crippen LogP contribution in [0.5, 0.6) is 0 Å². The highest BCUT2D eigenvalue weighted by Gasteiger charge is 2.19. The van der Waals surface area contributed by atoms with E-state index in [1.54, 1.807) is 25.1 Å². The Morgan fingerprint density at radius 2 is 1.70 bits per heavy atom. The zero-order valence-corrected chi connectivity index (χ0v) is 17.0. The Bertz CT molecular complexity index is 1510. The van der Waals surface area contributed by atoms with Crippen molar-refractivity contribution >= 4 is 22.8 Å². The first-order valence-corrected chi connectivity index (χ1v) is 9.69. The molecule has 0 radical (unpaired) electrons. The van der Waals surface area contributed by atoms with Gasteiger partial charge in [-0.3, -0.25) is 4.79 Å². The molecule has 0 aliphatic heterocycles. The van der Waals surface area contributed by atoms with Crippen molar-refractivity contribution in [2.45, 2.75) is 6.92 Å². The number of aromatic nitrogens is 6. The second-order valence-electron chi connectivity index (χ2n) is 7.13. The molecule has 11 heteroatoms. The fourth-order valence-corrected chi connectivity index (χ4v) is 3.38. The van der Waals surface area contributed by atoms with Crippen LogP contribution in [0, 0.1) is 24.4 Å². The molecule has 1 amide bonds. The number of amides is 1. The van der Waals surface area contributed by atoms with Crippen molar-refractivity contribution < 1.29 is 18.0 Å². The van der Waals surface area contributed by atoms with E-state index in [-0.39, 0.29) is 17.2 Å². The Labute approximate surface area is 184 Å². The molecule has 5 rings (SSSR count). The van der Waals surface area contributed by atoms with E-state index < -0.39 is 17.5 Å². The van der Waals surface area contributed by atoms with E-state index in [0.29, 0.717) is 34.3 Å². The third-order valence-corrected chi connectivity index (χ3v) is 4.87. The van der Waals surface area contributed by atoms with Gasteiger partial charge >= 0.3 is 0 Å². The summed E-state index contributed by atoms with van der Waals surface area (Å²) in [6, 6.07) is 10.0. The third kappa shape index (κ3) is 3.69. The van der Waals surface area contributed by atoms with Crippen LogP contribution in [0.4, 0.5) is 19.0 Å². The molecule has 3 heterocycles. The van der Waals surface area contributed by atoms with Crippen LogP contribution >= 0.6 is 0 Å². The number of anilines is 1. The monoisotopic (exact) mass is 449 g/mol. The largest absolute Gasteiger partial charge is 0.306 e. The van der Waals surface area contributed by atoms with E-state index in [4.69, 9.17) is 0 Å². The van der Waals surface area contributed by atoms with Crippen LogP contribution in [0.2, 0.25) is 0 Å². The summed E-state index contributed by atoms with van der Waals surface area (Å²) in [5, 5.41) is 11.8. The van der Waals surface area contributed by atoms with E-state index in [0.717, 1.165) is 12.1 Å². The molecule has 2 aromatic carbocycles. The average molecular weight is 449 g/mol. The van der Waals surface area contributed by atoms with Gasteiger partial charge in [-0.25, -0.2) is 27.8 Å². The molecular formula is C22H14F3N7O. The van der Waals surface area contributed by atoms with Gasteiger partial charge in [-0.1, -0.05) is 0 Å². The van der Waals surface area contributed by atoms with E-state index in [2.05, 4.69) is 25.5 Å². The van der Waals surface area contributed by atoms with Crippen molar-refractivity contribution in [3.8, 4) is 11.5 Å². The summed E-state index contributed by atoms with van der Waals surface area (Å²) < 4.78 is 43.4. The van der Waals surface area contributed by atoms with Gasteiger partial charge in [0.05, 0.1) is 28.5 Å². The van der Waals surface area contributed by atoms with Gasteiger partial charge in [0.2, 0.25) is 0 Å². The van der Waals surface area contributed by atoms with Crippen LogP contribution in [0.1, 0.15) is 16.1 Å². The first-order chi connectivity index (χ1) is 15.9. The second-order valence-corrected chi connectivity index (χ2v) is 7.13. The van der Waals surface area contributed by atoms with E-state index in [1.807, 2.05) is 0 Å².